The van der Waals surface area contributed by atoms with E-state index in [-0.39, 0.29) is 6.10 Å². The lowest BCUT2D eigenvalue weighted by Crippen LogP contribution is -2.39. The second-order valence-corrected chi connectivity index (χ2v) is 3.52. The topological polar surface area (TPSA) is 61.8 Å². The zero-order valence-electron chi connectivity index (χ0n) is 9.12. The van der Waals surface area contributed by atoms with Crippen molar-refractivity contribution in [1.29, 1.82) is 0 Å². The molecule has 14 heavy (non-hydrogen) atoms. The van der Waals surface area contributed by atoms with Crippen LogP contribution in [0, 0.1) is 0 Å². The van der Waals surface area contributed by atoms with E-state index in [1.807, 2.05) is 0 Å². The Labute approximate surface area is 83.3 Å². The van der Waals surface area contributed by atoms with Gasteiger partial charge in [0, 0.05) is 0 Å². The molecule has 82 valence electrons. The van der Waals surface area contributed by atoms with Crippen LogP contribution in [0.25, 0.3) is 0 Å². The summed E-state index contributed by atoms with van der Waals surface area (Å²) in [5, 5.41) is 0. The van der Waals surface area contributed by atoms with Crippen molar-refractivity contribution in [2.24, 2.45) is 0 Å². The Morgan fingerprint density at radius 2 is 1.71 bits per heavy atom. The van der Waals surface area contributed by atoms with Crippen molar-refractivity contribution in [2.75, 3.05) is 7.11 Å². The number of esters is 1. The fourth-order valence-corrected chi connectivity index (χ4v) is 0.648. The van der Waals surface area contributed by atoms with Crippen LogP contribution < -0.4 is 0 Å². The maximum Gasteiger partial charge on any atom is 0.509 e. The summed E-state index contributed by atoms with van der Waals surface area (Å²) in [7, 11) is 1.17. The van der Waals surface area contributed by atoms with Gasteiger partial charge < -0.3 is 14.2 Å². The Kier molecular flexibility index (Phi) is 4.40. The number of hydrogen-bond acceptors (Lipinski definition) is 5. The molecule has 0 aromatic heterocycles. The third kappa shape index (κ3) is 4.11. The van der Waals surface area contributed by atoms with Crippen LogP contribution in [0.15, 0.2) is 0 Å². The van der Waals surface area contributed by atoms with Gasteiger partial charge in [0.05, 0.1) is 13.2 Å². The summed E-state index contributed by atoms with van der Waals surface area (Å²) in [6.07, 6.45) is -1.15. The minimum Gasteiger partial charge on any atom is -0.460 e. The summed E-state index contributed by atoms with van der Waals surface area (Å²) >= 11 is 0. The maximum atomic E-state index is 11.4. The number of hydrogen-bond donors (Lipinski definition) is 0. The van der Waals surface area contributed by atoms with Crippen LogP contribution in [0.5, 0.6) is 0 Å². The lowest BCUT2D eigenvalue weighted by atomic mass is 10.1. The highest BCUT2D eigenvalue weighted by Gasteiger charge is 2.34. The molecule has 0 aliphatic carbocycles. The Hall–Kier alpha value is -1.26. The largest absolute Gasteiger partial charge is 0.509 e. The summed E-state index contributed by atoms with van der Waals surface area (Å²) < 4.78 is 13.9. The molecule has 0 aromatic carbocycles. The Balaban J connectivity index is 4.30. The Morgan fingerprint density at radius 1 is 1.21 bits per heavy atom. The summed E-state index contributed by atoms with van der Waals surface area (Å²) in [6, 6.07) is 0. The van der Waals surface area contributed by atoms with Gasteiger partial charge in [0.1, 0.15) is 0 Å². The first-order valence-electron chi connectivity index (χ1n) is 4.27. The predicted molar refractivity (Wildman–Crippen MR) is 48.8 cm³/mol. The van der Waals surface area contributed by atoms with Crippen LogP contribution in [0.4, 0.5) is 4.79 Å². The van der Waals surface area contributed by atoms with Crippen LogP contribution in [0.1, 0.15) is 27.7 Å². The second kappa shape index (κ2) is 4.83. The highest BCUT2D eigenvalue weighted by atomic mass is 16.7. The molecule has 5 heteroatoms. The molecule has 0 amide bonds. The van der Waals surface area contributed by atoms with Gasteiger partial charge in [0.15, 0.2) is 0 Å². The molecule has 0 saturated heterocycles. The standard InChI is InChI=1S/C9H16O5/c1-6(2)13-7(10)9(3,4)14-8(11)12-5/h6H,1-5H3. The fourth-order valence-electron chi connectivity index (χ4n) is 0.648. The molecule has 0 atom stereocenters. The van der Waals surface area contributed by atoms with Gasteiger partial charge in [-0.3, -0.25) is 0 Å². The van der Waals surface area contributed by atoms with Crippen LogP contribution in [0.3, 0.4) is 0 Å². The molecule has 0 heterocycles. The Bertz CT molecular complexity index is 219. The zero-order chi connectivity index (χ0) is 11.4. The van der Waals surface area contributed by atoms with E-state index in [1.54, 1.807) is 13.8 Å². The van der Waals surface area contributed by atoms with Gasteiger partial charge in [-0.05, 0) is 27.7 Å². The third-order valence-electron chi connectivity index (χ3n) is 1.34. The fraction of sp³-hybridized carbons (Fsp3) is 0.778. The highest BCUT2D eigenvalue weighted by molar-refractivity contribution is 5.81. The summed E-state index contributed by atoms with van der Waals surface area (Å²) in [5.74, 6) is -0.599. The SMILES string of the molecule is COC(=O)OC(C)(C)C(=O)OC(C)C. The number of carbonyl (C=O) groups excluding carboxylic acids is 2. The van der Waals surface area contributed by atoms with E-state index < -0.39 is 17.7 Å². The Morgan fingerprint density at radius 3 is 2.07 bits per heavy atom. The van der Waals surface area contributed by atoms with Gasteiger partial charge in [-0.15, -0.1) is 0 Å². The summed E-state index contributed by atoms with van der Waals surface area (Å²) in [5.41, 5.74) is -1.32. The van der Waals surface area contributed by atoms with Crippen molar-refractivity contribution < 1.29 is 23.8 Å². The van der Waals surface area contributed by atoms with E-state index in [1.165, 1.54) is 21.0 Å². The quantitative estimate of drug-likeness (QED) is 0.652. The van der Waals surface area contributed by atoms with E-state index >= 15 is 0 Å². The molecule has 0 aliphatic heterocycles. The van der Waals surface area contributed by atoms with Gasteiger partial charge in [-0.2, -0.15) is 0 Å². The van der Waals surface area contributed by atoms with Crippen molar-refractivity contribution in [3.63, 3.8) is 0 Å². The van der Waals surface area contributed by atoms with Gasteiger partial charge in [0.25, 0.3) is 0 Å². The number of methoxy groups -OCH3 is 1. The average Bonchev–Trinajstić information content (AvgIpc) is 2.02. The van der Waals surface area contributed by atoms with E-state index in [0.29, 0.717) is 0 Å². The third-order valence-corrected chi connectivity index (χ3v) is 1.34. The summed E-state index contributed by atoms with van der Waals surface area (Å²) in [4.78, 5) is 22.1. The van der Waals surface area contributed by atoms with Crippen molar-refractivity contribution in [2.45, 2.75) is 39.4 Å². The first kappa shape index (κ1) is 12.7. The maximum absolute atomic E-state index is 11.4. The van der Waals surface area contributed by atoms with E-state index in [9.17, 15) is 9.59 Å². The number of rotatable bonds is 3. The normalized spacial score (nSPS) is 11.0. The number of ether oxygens (including phenoxy) is 3. The van der Waals surface area contributed by atoms with Crippen molar-refractivity contribution in [3.05, 3.63) is 0 Å². The molecular weight excluding hydrogens is 188 g/mol. The van der Waals surface area contributed by atoms with Crippen molar-refractivity contribution >= 4 is 12.1 Å². The molecule has 0 N–H and O–H groups in total. The van der Waals surface area contributed by atoms with Gasteiger partial charge in [0.2, 0.25) is 5.60 Å². The van der Waals surface area contributed by atoms with Gasteiger partial charge in [-0.25, -0.2) is 9.59 Å². The van der Waals surface area contributed by atoms with Crippen molar-refractivity contribution in [1.82, 2.24) is 0 Å². The zero-order valence-corrected chi connectivity index (χ0v) is 9.12. The first-order valence-corrected chi connectivity index (χ1v) is 4.27. The van der Waals surface area contributed by atoms with Crippen molar-refractivity contribution in [3.8, 4) is 0 Å². The molecular formula is C9H16O5. The highest BCUT2D eigenvalue weighted by Crippen LogP contribution is 2.13. The minimum atomic E-state index is -1.32. The van der Waals surface area contributed by atoms with Crippen LogP contribution in [-0.4, -0.2) is 30.9 Å². The molecule has 0 saturated carbocycles. The van der Waals surface area contributed by atoms with E-state index in [4.69, 9.17) is 9.47 Å². The molecule has 0 fully saturated rings. The van der Waals surface area contributed by atoms with E-state index in [0.717, 1.165) is 0 Å². The van der Waals surface area contributed by atoms with Crippen LogP contribution in [0.2, 0.25) is 0 Å². The molecule has 0 unspecified atom stereocenters. The lowest BCUT2D eigenvalue weighted by molar-refractivity contribution is -0.167. The van der Waals surface area contributed by atoms with Gasteiger partial charge in [-0.1, -0.05) is 0 Å². The lowest BCUT2D eigenvalue weighted by Gasteiger charge is -2.23. The second-order valence-electron chi connectivity index (χ2n) is 3.52. The predicted octanol–water partition coefficient (Wildman–Crippen LogP) is 1.50. The molecule has 0 aliphatic rings. The first-order chi connectivity index (χ1) is 6.29. The monoisotopic (exact) mass is 204 g/mol. The van der Waals surface area contributed by atoms with Gasteiger partial charge >= 0.3 is 12.1 Å². The number of carbonyl (C=O) groups is 2. The smallest absolute Gasteiger partial charge is 0.460 e. The molecule has 0 aromatic rings. The molecule has 0 spiro atoms. The molecule has 0 radical (unpaired) electrons. The van der Waals surface area contributed by atoms with E-state index in [2.05, 4.69) is 4.74 Å². The average molecular weight is 204 g/mol. The van der Waals surface area contributed by atoms with Crippen LogP contribution in [-0.2, 0) is 19.0 Å². The molecule has 0 bridgehead atoms. The molecule has 0 rings (SSSR count). The summed E-state index contributed by atoms with van der Waals surface area (Å²) in [6.45, 7) is 6.31. The minimum absolute atomic E-state index is 0.247. The van der Waals surface area contributed by atoms with Crippen LogP contribution >= 0.6 is 0 Å². The molecule has 5 nitrogen and oxygen atoms in total.